The molecule has 4 N–H and O–H groups in total. The van der Waals surface area contributed by atoms with Gasteiger partial charge in [-0.3, -0.25) is 5.32 Å². The van der Waals surface area contributed by atoms with Crippen molar-refractivity contribution in [2.75, 3.05) is 10.6 Å². The quantitative estimate of drug-likeness (QED) is 0.266. The largest absolute Gasteiger partial charge is 0.366 e. The molecule has 7 rings (SSSR count). The molecule has 164 valence electrons. The standard InChI is InChI=1S/C28H22N6/c1-2-12-22-21(11-1)25-29-17-7-5-9-19(15-17)31-27-23-13-3-4-14-24(23)28(34-27)32-20-10-6-8-18(16-20)30-26(22)33-25/h1-16,25-26,29-30,33H,(H,31,32,34). The van der Waals surface area contributed by atoms with E-state index in [1.165, 1.54) is 11.1 Å². The minimum Gasteiger partial charge on any atom is -0.366 e. The van der Waals surface area contributed by atoms with Crippen LogP contribution in [0.1, 0.15) is 23.5 Å². The van der Waals surface area contributed by atoms with Gasteiger partial charge < -0.3 is 15.6 Å². The Hall–Kier alpha value is -4.42. The van der Waals surface area contributed by atoms with Gasteiger partial charge >= 0.3 is 0 Å². The summed E-state index contributed by atoms with van der Waals surface area (Å²) in [5.74, 6) is 0. The highest BCUT2D eigenvalue weighted by Gasteiger charge is 2.29. The van der Waals surface area contributed by atoms with Crippen LogP contribution in [0.4, 0.5) is 22.7 Å². The van der Waals surface area contributed by atoms with Gasteiger partial charge in [0.25, 0.3) is 0 Å². The summed E-state index contributed by atoms with van der Waals surface area (Å²) in [5.41, 5.74) is 7.82. The average Bonchev–Trinajstić information content (AvgIpc) is 3.37. The molecule has 0 saturated carbocycles. The number of benzene rings is 4. The van der Waals surface area contributed by atoms with Crippen molar-refractivity contribution in [2.45, 2.75) is 12.3 Å². The fourth-order valence-corrected chi connectivity index (χ4v) is 4.86. The maximum absolute atomic E-state index is 4.95. The van der Waals surface area contributed by atoms with Gasteiger partial charge in [0.05, 0.1) is 11.4 Å². The molecule has 0 amide bonds. The maximum Gasteiger partial charge on any atom is 0.140 e. The lowest BCUT2D eigenvalue weighted by atomic mass is 10.1. The van der Waals surface area contributed by atoms with Crippen LogP contribution in [0.25, 0.3) is 10.8 Å². The lowest BCUT2D eigenvalue weighted by molar-refractivity contribution is 0.571. The molecular formula is C28H22N6. The summed E-state index contributed by atoms with van der Waals surface area (Å²) in [6, 6.07) is 33.1. The molecule has 34 heavy (non-hydrogen) atoms. The third kappa shape index (κ3) is 3.24. The van der Waals surface area contributed by atoms with E-state index in [1.54, 1.807) is 0 Å². The van der Waals surface area contributed by atoms with Crippen molar-refractivity contribution in [2.24, 2.45) is 9.98 Å². The minimum atomic E-state index is -0.0253. The molecule has 6 nitrogen and oxygen atoms in total. The second-order valence-corrected chi connectivity index (χ2v) is 8.64. The van der Waals surface area contributed by atoms with E-state index in [0.717, 1.165) is 44.5 Å². The van der Waals surface area contributed by atoms with Gasteiger partial charge in [0.2, 0.25) is 0 Å². The molecule has 8 bridgehead atoms. The number of nitrogens with one attached hydrogen (secondary N) is 4. The Morgan fingerprint density at radius 2 is 1.03 bits per heavy atom. The molecular weight excluding hydrogens is 420 g/mol. The lowest BCUT2D eigenvalue weighted by Gasteiger charge is -2.20. The van der Waals surface area contributed by atoms with E-state index in [2.05, 4.69) is 81.6 Å². The number of hydrogen-bond acceptors (Lipinski definition) is 5. The normalized spacial score (nSPS) is 18.2. The van der Waals surface area contributed by atoms with Gasteiger partial charge in [0, 0.05) is 22.1 Å². The molecule has 2 unspecified atom stereocenters. The summed E-state index contributed by atoms with van der Waals surface area (Å²) >= 11 is 0. The zero-order chi connectivity index (χ0) is 22.5. The molecule has 0 fully saturated rings. The number of H-pyrrole nitrogens is 1. The number of fused-ring (bicyclic) bond motifs is 14. The van der Waals surface area contributed by atoms with E-state index in [1.807, 2.05) is 36.4 Å². The van der Waals surface area contributed by atoms with Crippen molar-refractivity contribution in [3.05, 3.63) is 119 Å². The van der Waals surface area contributed by atoms with Gasteiger partial charge in [-0.05, 0) is 47.5 Å². The van der Waals surface area contributed by atoms with Gasteiger partial charge in [-0.15, -0.1) is 0 Å². The maximum atomic E-state index is 4.95. The molecule has 3 heterocycles. The molecule has 1 aromatic heterocycles. The number of aromatic amines is 1. The van der Waals surface area contributed by atoms with E-state index in [4.69, 9.17) is 9.98 Å². The topological polar surface area (TPSA) is 76.6 Å². The van der Waals surface area contributed by atoms with Gasteiger partial charge in [-0.2, -0.15) is 0 Å². The van der Waals surface area contributed by atoms with Crippen LogP contribution in [-0.4, -0.2) is 4.98 Å². The number of hydrogen-bond donors (Lipinski definition) is 4. The van der Waals surface area contributed by atoms with Crippen molar-refractivity contribution in [1.82, 2.24) is 10.3 Å². The molecule has 0 spiro atoms. The highest BCUT2D eigenvalue weighted by atomic mass is 15.2. The first-order valence-electron chi connectivity index (χ1n) is 11.4. The zero-order valence-corrected chi connectivity index (χ0v) is 18.3. The van der Waals surface area contributed by atoms with Crippen molar-refractivity contribution in [3.8, 4) is 0 Å². The molecule has 0 aliphatic carbocycles. The summed E-state index contributed by atoms with van der Waals surface area (Å²) in [6.45, 7) is 0. The smallest absolute Gasteiger partial charge is 0.140 e. The number of aromatic nitrogens is 1. The second-order valence-electron chi connectivity index (χ2n) is 8.64. The molecule has 2 aliphatic rings. The fourth-order valence-electron chi connectivity index (χ4n) is 4.86. The van der Waals surface area contributed by atoms with Gasteiger partial charge in [-0.1, -0.05) is 60.7 Å². The van der Waals surface area contributed by atoms with Crippen LogP contribution in [0.15, 0.2) is 107 Å². The fraction of sp³-hybridized carbons (Fsp3) is 0.0714. The Kier molecular flexibility index (Phi) is 4.25. The highest BCUT2D eigenvalue weighted by Crippen LogP contribution is 2.35. The SMILES string of the molecule is c1cc2cc(c1)NC1NC(Nc3cccc(c3)N=c3[nH]c(c4ccccc34)=N2)c2ccccc21. The Bertz CT molecular complexity index is 1550. The van der Waals surface area contributed by atoms with Gasteiger partial charge in [0.1, 0.15) is 23.3 Å². The summed E-state index contributed by atoms with van der Waals surface area (Å²) in [6.07, 6.45) is -0.0507. The van der Waals surface area contributed by atoms with Crippen LogP contribution in [0.5, 0.6) is 0 Å². The first-order chi connectivity index (χ1) is 16.8. The van der Waals surface area contributed by atoms with E-state index in [9.17, 15) is 0 Å². The number of nitrogens with zero attached hydrogens (tertiary/aromatic N) is 2. The second kappa shape index (κ2) is 7.57. The van der Waals surface area contributed by atoms with Gasteiger partial charge in [-0.25, -0.2) is 9.98 Å². The number of anilines is 2. The molecule has 6 heteroatoms. The highest BCUT2D eigenvalue weighted by molar-refractivity contribution is 5.81. The van der Waals surface area contributed by atoms with E-state index in [-0.39, 0.29) is 12.3 Å². The van der Waals surface area contributed by atoms with Crippen LogP contribution in [-0.2, 0) is 0 Å². The average molecular weight is 443 g/mol. The van der Waals surface area contributed by atoms with Crippen LogP contribution in [0.3, 0.4) is 0 Å². The van der Waals surface area contributed by atoms with Crippen LogP contribution < -0.4 is 26.9 Å². The third-order valence-corrected chi connectivity index (χ3v) is 6.42. The summed E-state index contributed by atoms with van der Waals surface area (Å²) in [5, 5.41) is 13.1. The van der Waals surface area contributed by atoms with Gasteiger partial charge in [0.15, 0.2) is 0 Å². The molecule has 2 atom stereocenters. The molecule has 4 aromatic carbocycles. The van der Waals surface area contributed by atoms with Crippen molar-refractivity contribution < 1.29 is 0 Å². The first kappa shape index (κ1) is 19.1. The predicted molar refractivity (Wildman–Crippen MR) is 135 cm³/mol. The molecule has 5 aromatic rings. The van der Waals surface area contributed by atoms with Crippen molar-refractivity contribution >= 4 is 33.5 Å². The summed E-state index contributed by atoms with van der Waals surface area (Å²) < 4.78 is 0. The van der Waals surface area contributed by atoms with E-state index < -0.39 is 0 Å². The molecule has 0 saturated heterocycles. The molecule has 0 radical (unpaired) electrons. The van der Waals surface area contributed by atoms with Crippen molar-refractivity contribution in [3.63, 3.8) is 0 Å². The van der Waals surface area contributed by atoms with Crippen LogP contribution in [0.2, 0.25) is 0 Å². The number of rotatable bonds is 0. The zero-order valence-electron chi connectivity index (χ0n) is 18.3. The van der Waals surface area contributed by atoms with Crippen LogP contribution in [0, 0.1) is 0 Å². The first-order valence-corrected chi connectivity index (χ1v) is 11.4. The Morgan fingerprint density at radius 3 is 1.56 bits per heavy atom. The summed E-state index contributed by atoms with van der Waals surface area (Å²) in [4.78, 5) is 13.3. The third-order valence-electron chi connectivity index (χ3n) is 6.42. The predicted octanol–water partition coefficient (Wildman–Crippen LogP) is 5.21. The summed E-state index contributed by atoms with van der Waals surface area (Å²) in [7, 11) is 0. The molecule has 2 aliphatic heterocycles. The minimum absolute atomic E-state index is 0.0253. The van der Waals surface area contributed by atoms with E-state index in [0.29, 0.717) is 0 Å². The van der Waals surface area contributed by atoms with Crippen molar-refractivity contribution in [1.29, 1.82) is 0 Å². The lowest BCUT2D eigenvalue weighted by Crippen LogP contribution is -2.28. The monoisotopic (exact) mass is 442 g/mol. The Morgan fingerprint density at radius 1 is 0.529 bits per heavy atom. The Balaban J connectivity index is 1.47. The van der Waals surface area contributed by atoms with Crippen LogP contribution >= 0.6 is 0 Å². The van der Waals surface area contributed by atoms with E-state index >= 15 is 0 Å². The Labute approximate surface area is 196 Å².